The van der Waals surface area contributed by atoms with Gasteiger partial charge < -0.3 is 9.47 Å². The van der Waals surface area contributed by atoms with Gasteiger partial charge in [-0.15, -0.1) is 0 Å². The molecule has 0 saturated carbocycles. The normalized spacial score (nSPS) is 14.2. The molecule has 24 heavy (non-hydrogen) atoms. The molecule has 2 aromatic rings. The summed E-state index contributed by atoms with van der Waals surface area (Å²) in [5.41, 5.74) is 2.50. The topological polar surface area (TPSA) is 83.4 Å². The summed E-state index contributed by atoms with van der Waals surface area (Å²) in [6, 6.07) is 10.6. The molecule has 1 aliphatic rings. The summed E-state index contributed by atoms with van der Waals surface area (Å²) in [5.74, 6) is -1.42. The molecular weight excluding hydrogens is 308 g/mol. The van der Waals surface area contributed by atoms with Crippen LogP contribution in [0, 0.1) is 0 Å². The minimum atomic E-state index is -0.809. The fourth-order valence-electron chi connectivity index (χ4n) is 2.41. The van der Waals surface area contributed by atoms with E-state index in [1.165, 1.54) is 6.08 Å². The van der Waals surface area contributed by atoms with Gasteiger partial charge in [0.1, 0.15) is 5.57 Å². The van der Waals surface area contributed by atoms with Crippen LogP contribution in [0.25, 0.3) is 11.8 Å². The van der Waals surface area contributed by atoms with Crippen molar-refractivity contribution in [1.29, 1.82) is 0 Å². The zero-order valence-corrected chi connectivity index (χ0v) is 13.2. The first-order valence-corrected chi connectivity index (χ1v) is 7.29. The third-order valence-corrected chi connectivity index (χ3v) is 3.66. The van der Waals surface area contributed by atoms with E-state index in [-0.39, 0.29) is 5.57 Å². The second-order valence-electron chi connectivity index (χ2n) is 5.51. The monoisotopic (exact) mass is 324 g/mol. The third-order valence-electron chi connectivity index (χ3n) is 3.66. The van der Waals surface area contributed by atoms with Crippen LogP contribution in [-0.2, 0) is 9.59 Å². The van der Waals surface area contributed by atoms with E-state index in [0.29, 0.717) is 5.69 Å². The number of hydrogen-bond donors (Lipinski definition) is 2. The molecule has 1 aromatic heterocycles. The maximum atomic E-state index is 11.8. The van der Waals surface area contributed by atoms with Crippen LogP contribution in [0.2, 0.25) is 0 Å². The summed E-state index contributed by atoms with van der Waals surface area (Å²) >= 11 is 0. The summed E-state index contributed by atoms with van der Waals surface area (Å²) in [6.07, 6.45) is 3.29. The second kappa shape index (κ2) is 6.04. The van der Waals surface area contributed by atoms with Gasteiger partial charge in [-0.1, -0.05) is 0 Å². The molecule has 0 bridgehead atoms. The van der Waals surface area contributed by atoms with E-state index >= 15 is 0 Å². The molecular formula is C17H16N4O3. The predicted octanol–water partition coefficient (Wildman–Crippen LogP) is 1.29. The van der Waals surface area contributed by atoms with Crippen LogP contribution in [0.1, 0.15) is 5.69 Å². The molecule has 7 nitrogen and oxygen atoms in total. The Kier molecular flexibility index (Phi) is 3.91. The number of aromatic nitrogens is 1. The molecule has 0 radical (unpaired) electrons. The molecule has 2 N–H and O–H groups in total. The predicted molar refractivity (Wildman–Crippen MR) is 89.8 cm³/mol. The van der Waals surface area contributed by atoms with Crippen LogP contribution in [0.3, 0.4) is 0 Å². The summed E-state index contributed by atoms with van der Waals surface area (Å²) in [7, 11) is 3.92. The first kappa shape index (κ1) is 15.5. The Morgan fingerprint density at radius 3 is 2.17 bits per heavy atom. The van der Waals surface area contributed by atoms with Gasteiger partial charge in [0.2, 0.25) is 0 Å². The lowest BCUT2D eigenvalue weighted by Gasteiger charge is -2.15. The third kappa shape index (κ3) is 2.91. The van der Waals surface area contributed by atoms with Gasteiger partial charge in [-0.05, 0) is 42.5 Å². The maximum absolute atomic E-state index is 11.8. The van der Waals surface area contributed by atoms with Crippen molar-refractivity contribution >= 4 is 29.6 Å². The van der Waals surface area contributed by atoms with Crippen molar-refractivity contribution in [3.05, 3.63) is 53.9 Å². The van der Waals surface area contributed by atoms with Crippen LogP contribution >= 0.6 is 0 Å². The maximum Gasteiger partial charge on any atom is 0.328 e. The molecule has 1 fully saturated rings. The SMILES string of the molecule is CN(C)c1ccc(-n2cccc2C=C2C(=O)NC(=O)NC2=O)cc1. The molecule has 3 rings (SSSR count). The highest BCUT2D eigenvalue weighted by atomic mass is 16.2. The Morgan fingerprint density at radius 1 is 0.958 bits per heavy atom. The smallest absolute Gasteiger partial charge is 0.328 e. The quantitative estimate of drug-likeness (QED) is 0.658. The standard InChI is InChI=1S/C17H16N4O3/c1-20(2)11-5-7-12(8-6-11)21-9-3-4-13(21)10-14-15(22)18-17(24)19-16(14)23/h3-10H,1-2H3,(H2,18,19,22,23,24). The molecule has 1 aliphatic heterocycles. The lowest BCUT2D eigenvalue weighted by molar-refractivity contribution is -0.123. The van der Waals surface area contributed by atoms with Gasteiger partial charge in [0.05, 0.1) is 0 Å². The molecule has 0 spiro atoms. The number of anilines is 1. The molecule has 122 valence electrons. The second-order valence-corrected chi connectivity index (χ2v) is 5.51. The number of carbonyl (C=O) groups excluding carboxylic acids is 3. The first-order chi connectivity index (χ1) is 11.5. The minimum Gasteiger partial charge on any atom is -0.378 e. The number of imide groups is 2. The van der Waals surface area contributed by atoms with E-state index in [1.54, 1.807) is 6.07 Å². The Bertz CT molecular complexity index is 825. The largest absolute Gasteiger partial charge is 0.378 e. The van der Waals surface area contributed by atoms with E-state index in [0.717, 1.165) is 11.4 Å². The highest BCUT2D eigenvalue weighted by Crippen LogP contribution is 2.19. The summed E-state index contributed by atoms with van der Waals surface area (Å²) in [6.45, 7) is 0. The fraction of sp³-hybridized carbons (Fsp3) is 0.118. The van der Waals surface area contributed by atoms with Gasteiger partial charge in [0.25, 0.3) is 11.8 Å². The zero-order valence-electron chi connectivity index (χ0n) is 13.2. The van der Waals surface area contributed by atoms with E-state index in [1.807, 2.05) is 60.1 Å². The van der Waals surface area contributed by atoms with Gasteiger partial charge in [0, 0.05) is 37.4 Å². The van der Waals surface area contributed by atoms with Crippen molar-refractivity contribution in [1.82, 2.24) is 15.2 Å². The van der Waals surface area contributed by atoms with Crippen molar-refractivity contribution in [2.24, 2.45) is 0 Å². The molecule has 1 saturated heterocycles. The Hall–Kier alpha value is -3.35. The van der Waals surface area contributed by atoms with Gasteiger partial charge in [-0.3, -0.25) is 20.2 Å². The molecule has 0 aliphatic carbocycles. The molecule has 0 unspecified atom stereocenters. The Labute approximate surface area is 138 Å². The molecule has 0 atom stereocenters. The van der Waals surface area contributed by atoms with Crippen LogP contribution in [0.15, 0.2) is 48.2 Å². The number of nitrogens with one attached hydrogen (secondary N) is 2. The van der Waals surface area contributed by atoms with Crippen molar-refractivity contribution in [2.45, 2.75) is 0 Å². The van der Waals surface area contributed by atoms with Crippen LogP contribution in [0.5, 0.6) is 0 Å². The van der Waals surface area contributed by atoms with E-state index in [9.17, 15) is 14.4 Å². The van der Waals surface area contributed by atoms with Crippen LogP contribution in [0.4, 0.5) is 10.5 Å². The fourth-order valence-corrected chi connectivity index (χ4v) is 2.41. The molecule has 7 heteroatoms. The zero-order chi connectivity index (χ0) is 17.3. The number of rotatable bonds is 3. The average Bonchev–Trinajstić information content (AvgIpc) is 2.99. The van der Waals surface area contributed by atoms with Crippen LogP contribution in [-0.4, -0.2) is 36.5 Å². The van der Waals surface area contributed by atoms with E-state index in [2.05, 4.69) is 10.6 Å². The highest BCUT2D eigenvalue weighted by molar-refractivity contribution is 6.31. The Balaban J connectivity index is 1.96. The van der Waals surface area contributed by atoms with Crippen LogP contribution < -0.4 is 15.5 Å². The molecule has 1 aromatic carbocycles. The number of barbiturate groups is 1. The summed E-state index contributed by atoms with van der Waals surface area (Å²) < 4.78 is 1.85. The number of hydrogen-bond acceptors (Lipinski definition) is 4. The van der Waals surface area contributed by atoms with Crippen molar-refractivity contribution < 1.29 is 14.4 Å². The molecule has 4 amide bonds. The molecule has 2 heterocycles. The van der Waals surface area contributed by atoms with Gasteiger partial charge in [-0.25, -0.2) is 4.79 Å². The summed E-state index contributed by atoms with van der Waals surface area (Å²) in [5, 5.41) is 4.12. The number of carbonyl (C=O) groups is 3. The number of urea groups is 1. The first-order valence-electron chi connectivity index (χ1n) is 7.29. The average molecular weight is 324 g/mol. The van der Waals surface area contributed by atoms with Gasteiger partial charge in [-0.2, -0.15) is 0 Å². The van der Waals surface area contributed by atoms with Gasteiger partial charge >= 0.3 is 6.03 Å². The van der Waals surface area contributed by atoms with E-state index in [4.69, 9.17) is 0 Å². The lowest BCUT2D eigenvalue weighted by atomic mass is 10.1. The summed E-state index contributed by atoms with van der Waals surface area (Å²) in [4.78, 5) is 36.8. The number of benzene rings is 1. The highest BCUT2D eigenvalue weighted by Gasteiger charge is 2.27. The lowest BCUT2D eigenvalue weighted by Crippen LogP contribution is -2.51. The number of nitrogens with zero attached hydrogens (tertiary/aromatic N) is 2. The number of amides is 4. The van der Waals surface area contributed by atoms with Crippen molar-refractivity contribution in [3.8, 4) is 5.69 Å². The van der Waals surface area contributed by atoms with E-state index < -0.39 is 17.8 Å². The minimum absolute atomic E-state index is 0.112. The Morgan fingerprint density at radius 2 is 1.58 bits per heavy atom. The van der Waals surface area contributed by atoms with Crippen molar-refractivity contribution in [2.75, 3.05) is 19.0 Å². The van der Waals surface area contributed by atoms with Crippen molar-refractivity contribution in [3.63, 3.8) is 0 Å². The van der Waals surface area contributed by atoms with Gasteiger partial charge in [0.15, 0.2) is 0 Å².